The maximum Gasteiger partial charge on any atom is 0.335 e. The summed E-state index contributed by atoms with van der Waals surface area (Å²) < 4.78 is 6.14. The van der Waals surface area contributed by atoms with Crippen LogP contribution in [0.1, 0.15) is 16.1 Å². The number of rotatable bonds is 3. The highest BCUT2D eigenvalue weighted by atomic mass is 79.9. The lowest BCUT2D eigenvalue weighted by molar-refractivity contribution is 0.0696. The number of halogens is 3. The number of aryl methyl sites for hydroxylation is 1. The van der Waals surface area contributed by atoms with Crippen LogP contribution in [0.4, 0.5) is 0 Å². The van der Waals surface area contributed by atoms with Crippen molar-refractivity contribution in [3.05, 3.63) is 50.0 Å². The third-order valence-electron chi connectivity index (χ3n) is 2.37. The van der Waals surface area contributed by atoms with Crippen molar-refractivity contribution in [1.82, 2.24) is 4.98 Å². The van der Waals surface area contributed by atoms with Crippen molar-refractivity contribution in [2.75, 3.05) is 0 Å². The molecule has 4 nitrogen and oxygen atoms in total. The van der Waals surface area contributed by atoms with Crippen molar-refractivity contribution < 1.29 is 14.6 Å². The van der Waals surface area contributed by atoms with Gasteiger partial charge in [-0.25, -0.2) is 9.78 Å². The maximum atomic E-state index is 11.0. The molecule has 0 fully saturated rings. The summed E-state index contributed by atoms with van der Waals surface area (Å²) in [6.07, 6.45) is 0. The summed E-state index contributed by atoms with van der Waals surface area (Å²) in [5.41, 5.74) is 0.617. The summed E-state index contributed by atoms with van der Waals surface area (Å²) in [7, 11) is 0. The third kappa shape index (κ3) is 3.42. The van der Waals surface area contributed by atoms with Crippen LogP contribution in [-0.4, -0.2) is 16.1 Å². The summed E-state index contributed by atoms with van der Waals surface area (Å²) in [5, 5.41) is 9.76. The minimum atomic E-state index is -1.06. The Morgan fingerprint density at radius 3 is 2.60 bits per heavy atom. The summed E-state index contributed by atoms with van der Waals surface area (Å²) in [6.45, 7) is 1.68. The normalized spacial score (nSPS) is 10.4. The Labute approximate surface area is 133 Å². The molecule has 0 aliphatic rings. The van der Waals surface area contributed by atoms with Gasteiger partial charge in [-0.05, 0) is 35.0 Å². The standard InChI is InChI=1S/C13H8BrCl2NO3/c1-6-2-7(13(18)19)3-12(17-6)20-11-5-9(15)8(14)4-10(11)16/h2-5H,1H3,(H,18,19). The number of nitrogens with zero attached hydrogens (tertiary/aromatic N) is 1. The zero-order valence-corrected chi connectivity index (χ0v) is 13.3. The fourth-order valence-corrected chi connectivity index (χ4v) is 2.34. The fraction of sp³-hybridized carbons (Fsp3) is 0.0769. The van der Waals surface area contributed by atoms with Gasteiger partial charge in [-0.15, -0.1) is 0 Å². The van der Waals surface area contributed by atoms with Gasteiger partial charge in [0, 0.05) is 22.3 Å². The first kappa shape index (κ1) is 15.1. The van der Waals surface area contributed by atoms with E-state index in [4.69, 9.17) is 33.0 Å². The Morgan fingerprint density at radius 1 is 1.25 bits per heavy atom. The Kier molecular flexibility index (Phi) is 4.52. The molecule has 0 aliphatic heterocycles. The highest BCUT2D eigenvalue weighted by Gasteiger charge is 2.11. The minimum absolute atomic E-state index is 0.0897. The number of carbonyl (C=O) groups is 1. The molecule has 0 atom stereocenters. The highest BCUT2D eigenvalue weighted by molar-refractivity contribution is 9.10. The van der Waals surface area contributed by atoms with Gasteiger partial charge >= 0.3 is 5.97 Å². The van der Waals surface area contributed by atoms with E-state index < -0.39 is 5.97 Å². The third-order valence-corrected chi connectivity index (χ3v) is 3.86. The maximum absolute atomic E-state index is 11.0. The van der Waals surface area contributed by atoms with Crippen LogP contribution in [0.25, 0.3) is 0 Å². The first-order valence-corrected chi connectivity index (χ1v) is 6.96. The molecular weight excluding hydrogens is 369 g/mol. The van der Waals surface area contributed by atoms with E-state index in [1.165, 1.54) is 18.2 Å². The van der Waals surface area contributed by atoms with Gasteiger partial charge in [-0.1, -0.05) is 23.2 Å². The van der Waals surface area contributed by atoms with Gasteiger partial charge in [0.1, 0.15) is 5.75 Å². The molecule has 0 spiro atoms. The van der Waals surface area contributed by atoms with Crippen molar-refractivity contribution in [3.8, 4) is 11.6 Å². The molecule has 0 amide bonds. The molecule has 20 heavy (non-hydrogen) atoms. The van der Waals surface area contributed by atoms with Crippen LogP contribution in [0.5, 0.6) is 11.6 Å². The lowest BCUT2D eigenvalue weighted by Gasteiger charge is -2.09. The van der Waals surface area contributed by atoms with Gasteiger partial charge in [0.25, 0.3) is 0 Å². The van der Waals surface area contributed by atoms with Crippen LogP contribution in [0.3, 0.4) is 0 Å². The largest absolute Gasteiger partial charge is 0.478 e. The molecule has 0 saturated heterocycles. The first-order valence-electron chi connectivity index (χ1n) is 5.41. The predicted molar refractivity (Wildman–Crippen MR) is 80.2 cm³/mol. The molecule has 2 rings (SSSR count). The zero-order chi connectivity index (χ0) is 14.9. The van der Waals surface area contributed by atoms with Crippen molar-refractivity contribution in [2.45, 2.75) is 6.92 Å². The number of carboxylic acid groups (broad SMARTS) is 1. The van der Waals surface area contributed by atoms with Gasteiger partial charge in [-0.3, -0.25) is 0 Å². The number of aromatic nitrogens is 1. The van der Waals surface area contributed by atoms with Crippen LogP contribution < -0.4 is 4.74 Å². The van der Waals surface area contributed by atoms with E-state index in [2.05, 4.69) is 20.9 Å². The van der Waals surface area contributed by atoms with Crippen LogP contribution in [0, 0.1) is 6.92 Å². The van der Waals surface area contributed by atoms with Gasteiger partial charge in [0.05, 0.1) is 15.6 Å². The second kappa shape index (κ2) is 5.99. The molecule has 0 saturated carbocycles. The first-order chi connectivity index (χ1) is 9.36. The smallest absolute Gasteiger partial charge is 0.335 e. The van der Waals surface area contributed by atoms with Gasteiger partial charge in [-0.2, -0.15) is 0 Å². The van der Waals surface area contributed by atoms with Crippen molar-refractivity contribution in [1.29, 1.82) is 0 Å². The van der Waals surface area contributed by atoms with E-state index >= 15 is 0 Å². The van der Waals surface area contributed by atoms with E-state index in [0.29, 0.717) is 26.0 Å². The molecule has 2 aromatic rings. The van der Waals surface area contributed by atoms with Crippen LogP contribution in [0.15, 0.2) is 28.7 Å². The Balaban J connectivity index is 2.40. The topological polar surface area (TPSA) is 59.4 Å². The average molecular weight is 377 g/mol. The fourth-order valence-electron chi connectivity index (χ4n) is 1.51. The van der Waals surface area contributed by atoms with Crippen molar-refractivity contribution in [2.24, 2.45) is 0 Å². The summed E-state index contributed by atoms with van der Waals surface area (Å²) in [6, 6.07) is 5.89. The number of benzene rings is 1. The molecule has 1 N–H and O–H groups in total. The highest BCUT2D eigenvalue weighted by Crippen LogP contribution is 2.36. The summed E-state index contributed by atoms with van der Waals surface area (Å²) in [4.78, 5) is 15.1. The molecule has 0 radical (unpaired) electrons. The summed E-state index contributed by atoms with van der Waals surface area (Å²) >= 11 is 15.2. The van der Waals surface area contributed by atoms with Gasteiger partial charge in [0.2, 0.25) is 5.88 Å². The number of carboxylic acids is 1. The SMILES string of the molecule is Cc1cc(C(=O)O)cc(Oc2cc(Cl)c(Br)cc2Cl)n1. The second-order valence-electron chi connectivity index (χ2n) is 3.94. The predicted octanol–water partition coefficient (Wildman–Crippen LogP) is 4.95. The molecular formula is C13H8BrCl2NO3. The second-order valence-corrected chi connectivity index (χ2v) is 5.61. The van der Waals surface area contributed by atoms with E-state index in [1.807, 2.05) is 0 Å². The Morgan fingerprint density at radius 2 is 1.95 bits per heavy atom. The van der Waals surface area contributed by atoms with Crippen molar-refractivity contribution >= 4 is 45.1 Å². The lowest BCUT2D eigenvalue weighted by Crippen LogP contribution is -2.00. The van der Waals surface area contributed by atoms with Crippen LogP contribution >= 0.6 is 39.1 Å². The average Bonchev–Trinajstić information content (AvgIpc) is 2.35. The molecule has 104 valence electrons. The molecule has 1 aromatic carbocycles. The van der Waals surface area contributed by atoms with E-state index in [0.717, 1.165) is 0 Å². The quantitative estimate of drug-likeness (QED) is 0.770. The Bertz CT molecular complexity index is 692. The minimum Gasteiger partial charge on any atom is -0.478 e. The van der Waals surface area contributed by atoms with Gasteiger partial charge < -0.3 is 9.84 Å². The number of hydrogen-bond donors (Lipinski definition) is 1. The van der Waals surface area contributed by atoms with E-state index in [9.17, 15) is 4.79 Å². The molecule has 1 aromatic heterocycles. The number of ether oxygens (including phenoxy) is 1. The van der Waals surface area contributed by atoms with Crippen molar-refractivity contribution in [3.63, 3.8) is 0 Å². The van der Waals surface area contributed by atoms with Crippen LogP contribution in [-0.2, 0) is 0 Å². The molecule has 0 unspecified atom stereocenters. The number of aromatic carboxylic acids is 1. The number of hydrogen-bond acceptors (Lipinski definition) is 3. The van der Waals surface area contributed by atoms with Crippen LogP contribution in [0.2, 0.25) is 10.0 Å². The monoisotopic (exact) mass is 375 g/mol. The molecule has 0 bridgehead atoms. The number of pyridine rings is 1. The summed E-state index contributed by atoms with van der Waals surface area (Å²) in [5.74, 6) is -0.614. The Hall–Kier alpha value is -1.30. The zero-order valence-electron chi connectivity index (χ0n) is 10.2. The molecule has 0 aliphatic carbocycles. The van der Waals surface area contributed by atoms with E-state index in [1.54, 1.807) is 13.0 Å². The molecule has 7 heteroatoms. The van der Waals surface area contributed by atoms with E-state index in [-0.39, 0.29) is 11.4 Å². The molecule has 1 heterocycles. The lowest BCUT2D eigenvalue weighted by atomic mass is 10.2. The van der Waals surface area contributed by atoms with Gasteiger partial charge in [0.15, 0.2) is 0 Å².